The number of hydrogen-bond donors (Lipinski definition) is 0. The molecule has 0 aromatic heterocycles. The molecular weight excluding hydrogens is 216 g/mol. The van der Waals surface area contributed by atoms with E-state index in [1.54, 1.807) is 0 Å². The minimum absolute atomic E-state index is 0.0222. The average Bonchev–Trinajstić information content (AvgIpc) is 2.38. The predicted molar refractivity (Wildman–Crippen MR) is 63.2 cm³/mol. The molecule has 3 nitrogen and oxygen atoms in total. The first kappa shape index (κ1) is 12.2. The number of carbonyl (C=O) groups excluding carboxylic acids is 3. The van der Waals surface area contributed by atoms with Gasteiger partial charge in [0, 0.05) is 17.8 Å². The maximum atomic E-state index is 11.1. The number of rotatable bonds is 3. The lowest BCUT2D eigenvalue weighted by Crippen LogP contribution is -2.44. The fourth-order valence-electron chi connectivity index (χ4n) is 3.63. The first-order valence-corrected chi connectivity index (χ1v) is 6.27. The van der Waals surface area contributed by atoms with Gasteiger partial charge in [0.05, 0.1) is 0 Å². The number of allylic oxidation sites excluding steroid dienone is 2. The second-order valence-electron chi connectivity index (χ2n) is 5.32. The van der Waals surface area contributed by atoms with Gasteiger partial charge in [-0.05, 0) is 30.6 Å². The molecule has 0 aliphatic heterocycles. The molecule has 6 atom stereocenters. The molecule has 3 heteroatoms. The summed E-state index contributed by atoms with van der Waals surface area (Å²) >= 11 is 0. The van der Waals surface area contributed by atoms with Gasteiger partial charge in [-0.3, -0.25) is 0 Å². The van der Waals surface area contributed by atoms with Gasteiger partial charge in [0.25, 0.3) is 0 Å². The van der Waals surface area contributed by atoms with Crippen molar-refractivity contribution in [3.05, 3.63) is 12.2 Å². The summed E-state index contributed by atoms with van der Waals surface area (Å²) in [6.07, 6.45) is 8.31. The molecule has 2 aliphatic rings. The van der Waals surface area contributed by atoms with Crippen LogP contribution in [0.3, 0.4) is 0 Å². The van der Waals surface area contributed by atoms with Gasteiger partial charge in [-0.25, -0.2) is 0 Å². The van der Waals surface area contributed by atoms with Crippen molar-refractivity contribution in [2.45, 2.75) is 19.8 Å². The quantitative estimate of drug-likeness (QED) is 0.551. The lowest BCUT2D eigenvalue weighted by atomic mass is 9.57. The average molecular weight is 234 g/mol. The minimum atomic E-state index is -0.200. The van der Waals surface area contributed by atoms with Gasteiger partial charge in [0.15, 0.2) is 0 Å². The highest BCUT2D eigenvalue weighted by Gasteiger charge is 2.45. The van der Waals surface area contributed by atoms with E-state index in [0.717, 1.165) is 31.7 Å². The van der Waals surface area contributed by atoms with Gasteiger partial charge >= 0.3 is 0 Å². The molecule has 0 radical (unpaired) electrons. The molecule has 0 amide bonds. The standard InChI is InChI=1S/C14H18O3/c1-9-2-3-11(7-16)14-12(8-17)5-4-10(6-15)13(9)14/h4-14H,2-3H2,1H3. The lowest BCUT2D eigenvalue weighted by molar-refractivity contribution is -0.125. The highest BCUT2D eigenvalue weighted by atomic mass is 16.1. The van der Waals surface area contributed by atoms with E-state index in [1.165, 1.54) is 0 Å². The Bertz CT molecular complexity index is 347. The Labute approximate surface area is 101 Å². The van der Waals surface area contributed by atoms with Crippen molar-refractivity contribution < 1.29 is 14.4 Å². The van der Waals surface area contributed by atoms with Crippen molar-refractivity contribution in [1.29, 1.82) is 0 Å². The summed E-state index contributed by atoms with van der Waals surface area (Å²) in [5, 5.41) is 0. The van der Waals surface area contributed by atoms with Gasteiger partial charge in [-0.15, -0.1) is 0 Å². The Hall–Kier alpha value is -1.25. The fourth-order valence-corrected chi connectivity index (χ4v) is 3.63. The van der Waals surface area contributed by atoms with E-state index in [1.807, 2.05) is 12.2 Å². The van der Waals surface area contributed by atoms with Gasteiger partial charge in [-0.1, -0.05) is 19.1 Å². The molecule has 0 heterocycles. The van der Waals surface area contributed by atoms with Crippen LogP contribution in [0, 0.1) is 35.5 Å². The number of fused-ring (bicyclic) bond motifs is 1. The van der Waals surface area contributed by atoms with Crippen LogP contribution in [-0.2, 0) is 14.4 Å². The fraction of sp³-hybridized carbons (Fsp3) is 0.643. The van der Waals surface area contributed by atoms with Gasteiger partial charge in [-0.2, -0.15) is 0 Å². The Morgan fingerprint density at radius 1 is 0.882 bits per heavy atom. The van der Waals surface area contributed by atoms with Crippen LogP contribution in [0.4, 0.5) is 0 Å². The molecule has 17 heavy (non-hydrogen) atoms. The Balaban J connectivity index is 2.37. The molecule has 0 spiro atoms. The van der Waals surface area contributed by atoms with E-state index >= 15 is 0 Å². The van der Waals surface area contributed by atoms with E-state index in [-0.39, 0.29) is 29.6 Å². The van der Waals surface area contributed by atoms with E-state index < -0.39 is 0 Å². The Morgan fingerprint density at radius 2 is 1.47 bits per heavy atom. The van der Waals surface area contributed by atoms with Crippen molar-refractivity contribution in [3.8, 4) is 0 Å². The number of hydrogen-bond acceptors (Lipinski definition) is 3. The first-order valence-electron chi connectivity index (χ1n) is 6.27. The largest absolute Gasteiger partial charge is 0.303 e. The molecule has 0 aromatic carbocycles. The molecule has 1 saturated carbocycles. The summed E-state index contributed by atoms with van der Waals surface area (Å²) in [6.45, 7) is 2.12. The van der Waals surface area contributed by atoms with Gasteiger partial charge < -0.3 is 14.4 Å². The highest BCUT2D eigenvalue weighted by Crippen LogP contribution is 2.47. The summed E-state index contributed by atoms with van der Waals surface area (Å²) in [5.41, 5.74) is 0. The van der Waals surface area contributed by atoms with E-state index in [4.69, 9.17) is 0 Å². The van der Waals surface area contributed by atoms with Crippen LogP contribution < -0.4 is 0 Å². The maximum absolute atomic E-state index is 11.1. The summed E-state index contributed by atoms with van der Waals surface area (Å²) in [6, 6.07) is 0. The molecule has 0 bridgehead atoms. The third-order valence-corrected chi connectivity index (χ3v) is 4.48. The second kappa shape index (κ2) is 4.94. The topological polar surface area (TPSA) is 51.2 Å². The molecule has 1 fully saturated rings. The summed E-state index contributed by atoms with van der Waals surface area (Å²) in [5.74, 6) is 0.172. The second-order valence-corrected chi connectivity index (χ2v) is 5.32. The zero-order valence-corrected chi connectivity index (χ0v) is 9.99. The molecular formula is C14H18O3. The summed E-state index contributed by atoms with van der Waals surface area (Å²) in [4.78, 5) is 33.4. The van der Waals surface area contributed by atoms with Gasteiger partial charge in [0.2, 0.25) is 0 Å². The van der Waals surface area contributed by atoms with Crippen LogP contribution in [0.1, 0.15) is 19.8 Å². The van der Waals surface area contributed by atoms with Crippen molar-refractivity contribution in [1.82, 2.24) is 0 Å². The normalized spacial score (nSPS) is 44.8. The van der Waals surface area contributed by atoms with Crippen molar-refractivity contribution in [2.75, 3.05) is 0 Å². The summed E-state index contributed by atoms with van der Waals surface area (Å²) in [7, 11) is 0. The van der Waals surface area contributed by atoms with E-state index in [9.17, 15) is 14.4 Å². The van der Waals surface area contributed by atoms with Crippen molar-refractivity contribution in [2.24, 2.45) is 35.5 Å². The van der Waals surface area contributed by atoms with Crippen LogP contribution in [-0.4, -0.2) is 18.9 Å². The molecule has 92 valence electrons. The van der Waals surface area contributed by atoms with Crippen LogP contribution in [0.15, 0.2) is 12.2 Å². The highest BCUT2D eigenvalue weighted by molar-refractivity contribution is 5.65. The molecule has 2 rings (SSSR count). The van der Waals surface area contributed by atoms with Crippen LogP contribution in [0.2, 0.25) is 0 Å². The third kappa shape index (κ3) is 1.99. The molecule has 0 N–H and O–H groups in total. The molecule has 6 unspecified atom stereocenters. The maximum Gasteiger partial charge on any atom is 0.127 e. The summed E-state index contributed by atoms with van der Waals surface area (Å²) < 4.78 is 0. The molecule has 2 aliphatic carbocycles. The van der Waals surface area contributed by atoms with Crippen LogP contribution >= 0.6 is 0 Å². The zero-order chi connectivity index (χ0) is 12.4. The predicted octanol–water partition coefficient (Wildman–Crippen LogP) is 1.66. The smallest absolute Gasteiger partial charge is 0.127 e. The van der Waals surface area contributed by atoms with E-state index in [0.29, 0.717) is 5.92 Å². The number of carbonyl (C=O) groups is 3. The van der Waals surface area contributed by atoms with E-state index in [2.05, 4.69) is 6.92 Å². The molecule has 0 saturated heterocycles. The minimum Gasteiger partial charge on any atom is -0.303 e. The van der Waals surface area contributed by atoms with Crippen LogP contribution in [0.25, 0.3) is 0 Å². The SMILES string of the molecule is CC1CCC(C=O)C2C(C=O)C=CC(C=O)C12. The Kier molecular flexibility index (Phi) is 3.55. The monoisotopic (exact) mass is 234 g/mol. The Morgan fingerprint density at radius 3 is 2.00 bits per heavy atom. The zero-order valence-electron chi connectivity index (χ0n) is 9.99. The number of aldehydes is 3. The van der Waals surface area contributed by atoms with Crippen molar-refractivity contribution >= 4 is 18.9 Å². The third-order valence-electron chi connectivity index (χ3n) is 4.48. The van der Waals surface area contributed by atoms with Gasteiger partial charge in [0.1, 0.15) is 18.9 Å². The lowest BCUT2D eigenvalue weighted by Gasteiger charge is -2.46. The van der Waals surface area contributed by atoms with Crippen LogP contribution in [0.5, 0.6) is 0 Å². The first-order chi connectivity index (χ1) is 8.22. The van der Waals surface area contributed by atoms with Crippen molar-refractivity contribution in [3.63, 3.8) is 0 Å². The molecule has 0 aromatic rings.